The third-order valence-corrected chi connectivity index (χ3v) is 2.03. The van der Waals surface area contributed by atoms with E-state index in [1.54, 1.807) is 6.20 Å². The van der Waals surface area contributed by atoms with Gasteiger partial charge in [0.05, 0.1) is 0 Å². The van der Waals surface area contributed by atoms with Crippen LogP contribution in [0.4, 0.5) is 0 Å². The molecule has 0 atom stereocenters. The Morgan fingerprint density at radius 1 is 1.58 bits per heavy atom. The molecule has 0 aliphatic carbocycles. The fourth-order valence-electron chi connectivity index (χ4n) is 1.29. The number of hydrogen-bond donors (Lipinski definition) is 2. The van der Waals surface area contributed by atoms with E-state index in [2.05, 4.69) is 23.0 Å². The van der Waals surface area contributed by atoms with Crippen LogP contribution in [0.1, 0.15) is 11.1 Å². The third kappa shape index (κ3) is 0.987. The fourth-order valence-corrected chi connectivity index (χ4v) is 1.29. The lowest BCUT2D eigenvalue weighted by Crippen LogP contribution is -1.96. The van der Waals surface area contributed by atoms with Crippen molar-refractivity contribution in [3.8, 4) is 0 Å². The van der Waals surface area contributed by atoms with Crippen LogP contribution in [0.5, 0.6) is 0 Å². The predicted molar refractivity (Wildman–Crippen MR) is 48.7 cm³/mol. The van der Waals surface area contributed by atoms with Crippen molar-refractivity contribution in [3.05, 3.63) is 29.6 Å². The number of pyridine rings is 1. The second-order valence-electron chi connectivity index (χ2n) is 2.92. The van der Waals surface area contributed by atoms with E-state index in [0.29, 0.717) is 6.54 Å². The Hall–Kier alpha value is -1.35. The van der Waals surface area contributed by atoms with Crippen LogP contribution in [0.2, 0.25) is 0 Å². The van der Waals surface area contributed by atoms with Crippen molar-refractivity contribution >= 4 is 11.0 Å². The molecule has 0 aliphatic heterocycles. The Bertz CT molecular complexity index is 403. The molecule has 0 spiro atoms. The van der Waals surface area contributed by atoms with Crippen molar-refractivity contribution in [2.24, 2.45) is 5.73 Å². The number of nitrogens with zero attached hydrogens (tertiary/aromatic N) is 1. The van der Waals surface area contributed by atoms with E-state index in [0.717, 1.165) is 16.6 Å². The monoisotopic (exact) mass is 161 g/mol. The van der Waals surface area contributed by atoms with E-state index >= 15 is 0 Å². The molecule has 0 aliphatic rings. The van der Waals surface area contributed by atoms with E-state index in [1.165, 1.54) is 5.56 Å². The van der Waals surface area contributed by atoms with Gasteiger partial charge in [0.1, 0.15) is 5.65 Å². The standard InChI is InChI=1S/C9H11N3/c1-6-4-11-9-8(6)2-7(3-10)5-12-9/h2,4-5H,3,10H2,1H3,(H,11,12). The Balaban J connectivity index is 2.71. The van der Waals surface area contributed by atoms with E-state index < -0.39 is 0 Å². The summed E-state index contributed by atoms with van der Waals surface area (Å²) in [6.07, 6.45) is 3.76. The molecule has 0 radical (unpaired) electrons. The number of nitrogens with one attached hydrogen (secondary N) is 1. The summed E-state index contributed by atoms with van der Waals surface area (Å²) in [5, 5.41) is 1.16. The summed E-state index contributed by atoms with van der Waals surface area (Å²) in [4.78, 5) is 7.32. The highest BCUT2D eigenvalue weighted by Gasteiger charge is 2.00. The lowest BCUT2D eigenvalue weighted by atomic mass is 10.2. The molecule has 62 valence electrons. The molecule has 0 unspecified atom stereocenters. The van der Waals surface area contributed by atoms with Gasteiger partial charge in [0.2, 0.25) is 0 Å². The molecule has 0 amide bonds. The summed E-state index contributed by atoms with van der Waals surface area (Å²) in [6.45, 7) is 2.61. The minimum absolute atomic E-state index is 0.549. The average Bonchev–Trinajstić information content (AvgIpc) is 2.47. The maximum atomic E-state index is 5.51. The van der Waals surface area contributed by atoms with Crippen molar-refractivity contribution < 1.29 is 0 Å². The lowest BCUT2D eigenvalue weighted by Gasteiger charge is -1.95. The zero-order valence-corrected chi connectivity index (χ0v) is 6.96. The molecule has 0 saturated carbocycles. The van der Waals surface area contributed by atoms with E-state index in [4.69, 9.17) is 5.73 Å². The van der Waals surface area contributed by atoms with Gasteiger partial charge in [0, 0.05) is 24.3 Å². The normalized spacial score (nSPS) is 10.8. The first-order valence-corrected chi connectivity index (χ1v) is 3.94. The van der Waals surface area contributed by atoms with E-state index in [9.17, 15) is 0 Å². The number of nitrogens with two attached hydrogens (primary N) is 1. The third-order valence-electron chi connectivity index (χ3n) is 2.03. The summed E-state index contributed by atoms with van der Waals surface area (Å²) in [6, 6.07) is 2.08. The molecule has 12 heavy (non-hydrogen) atoms. The molecule has 2 heterocycles. The SMILES string of the molecule is Cc1c[nH]c2ncc(CN)cc12. The number of hydrogen-bond acceptors (Lipinski definition) is 2. The van der Waals surface area contributed by atoms with Gasteiger partial charge in [-0.3, -0.25) is 0 Å². The quantitative estimate of drug-likeness (QED) is 0.663. The van der Waals surface area contributed by atoms with Crippen LogP contribution in [0, 0.1) is 6.92 Å². The summed E-state index contributed by atoms with van der Waals surface area (Å²) in [5.41, 5.74) is 8.73. The number of aromatic nitrogens is 2. The Labute approximate surface area is 70.6 Å². The molecule has 3 nitrogen and oxygen atoms in total. The molecular weight excluding hydrogens is 150 g/mol. The maximum absolute atomic E-state index is 5.51. The molecule has 3 N–H and O–H groups in total. The van der Waals surface area contributed by atoms with Crippen LogP contribution in [-0.4, -0.2) is 9.97 Å². The van der Waals surface area contributed by atoms with Gasteiger partial charge in [-0.15, -0.1) is 0 Å². The highest BCUT2D eigenvalue weighted by Crippen LogP contribution is 2.15. The largest absolute Gasteiger partial charge is 0.346 e. The zero-order valence-electron chi connectivity index (χ0n) is 6.96. The highest BCUT2D eigenvalue weighted by molar-refractivity contribution is 5.79. The van der Waals surface area contributed by atoms with Crippen molar-refractivity contribution in [2.75, 3.05) is 0 Å². The van der Waals surface area contributed by atoms with Crippen LogP contribution in [0.15, 0.2) is 18.5 Å². The van der Waals surface area contributed by atoms with Crippen molar-refractivity contribution in [1.29, 1.82) is 0 Å². The number of H-pyrrole nitrogens is 1. The van der Waals surface area contributed by atoms with Crippen molar-refractivity contribution in [2.45, 2.75) is 13.5 Å². The summed E-state index contributed by atoms with van der Waals surface area (Å²) < 4.78 is 0. The lowest BCUT2D eigenvalue weighted by molar-refractivity contribution is 1.06. The van der Waals surface area contributed by atoms with Gasteiger partial charge in [0.25, 0.3) is 0 Å². The summed E-state index contributed by atoms with van der Waals surface area (Å²) >= 11 is 0. The van der Waals surface area contributed by atoms with Crippen LogP contribution in [0.3, 0.4) is 0 Å². The molecule has 2 rings (SSSR count). The van der Waals surface area contributed by atoms with Gasteiger partial charge in [0.15, 0.2) is 0 Å². The molecule has 2 aromatic rings. The minimum Gasteiger partial charge on any atom is -0.346 e. The Morgan fingerprint density at radius 3 is 3.17 bits per heavy atom. The summed E-state index contributed by atoms with van der Waals surface area (Å²) in [7, 11) is 0. The second kappa shape index (κ2) is 2.60. The summed E-state index contributed by atoms with van der Waals surface area (Å²) in [5.74, 6) is 0. The van der Waals surface area contributed by atoms with Gasteiger partial charge >= 0.3 is 0 Å². The van der Waals surface area contributed by atoms with Crippen LogP contribution >= 0.6 is 0 Å². The highest BCUT2D eigenvalue weighted by atomic mass is 14.8. The fraction of sp³-hybridized carbons (Fsp3) is 0.222. The van der Waals surface area contributed by atoms with Crippen molar-refractivity contribution in [1.82, 2.24) is 9.97 Å². The van der Waals surface area contributed by atoms with Gasteiger partial charge in [-0.2, -0.15) is 0 Å². The molecule has 2 aromatic heterocycles. The minimum atomic E-state index is 0.549. The predicted octanol–water partition coefficient (Wildman–Crippen LogP) is 1.33. The second-order valence-corrected chi connectivity index (χ2v) is 2.92. The number of aryl methyl sites for hydroxylation is 1. The van der Waals surface area contributed by atoms with Crippen LogP contribution in [-0.2, 0) is 6.54 Å². The van der Waals surface area contributed by atoms with E-state index in [1.807, 2.05) is 6.20 Å². The number of fused-ring (bicyclic) bond motifs is 1. The molecule has 0 fully saturated rings. The number of rotatable bonds is 1. The van der Waals surface area contributed by atoms with Crippen molar-refractivity contribution in [3.63, 3.8) is 0 Å². The van der Waals surface area contributed by atoms with Gasteiger partial charge in [-0.05, 0) is 24.1 Å². The van der Waals surface area contributed by atoms with Crippen LogP contribution in [0.25, 0.3) is 11.0 Å². The molecule has 0 saturated heterocycles. The molecular formula is C9H11N3. The molecule has 3 heteroatoms. The van der Waals surface area contributed by atoms with Crippen LogP contribution < -0.4 is 5.73 Å². The van der Waals surface area contributed by atoms with E-state index in [-0.39, 0.29) is 0 Å². The van der Waals surface area contributed by atoms with Gasteiger partial charge in [-0.25, -0.2) is 4.98 Å². The maximum Gasteiger partial charge on any atom is 0.137 e. The average molecular weight is 161 g/mol. The smallest absolute Gasteiger partial charge is 0.137 e. The molecule has 0 aromatic carbocycles. The topological polar surface area (TPSA) is 54.7 Å². The first-order valence-electron chi connectivity index (χ1n) is 3.94. The Morgan fingerprint density at radius 2 is 2.42 bits per heavy atom. The Kier molecular flexibility index (Phi) is 1.59. The molecule has 0 bridgehead atoms. The zero-order chi connectivity index (χ0) is 8.55. The van der Waals surface area contributed by atoms with Gasteiger partial charge < -0.3 is 10.7 Å². The first-order chi connectivity index (χ1) is 5.81. The number of aromatic amines is 1. The first kappa shape index (κ1) is 7.31. The van der Waals surface area contributed by atoms with Gasteiger partial charge in [-0.1, -0.05) is 0 Å².